The second-order valence-electron chi connectivity index (χ2n) is 5.51. The number of piperidine rings is 1. The van der Waals surface area contributed by atoms with Crippen molar-refractivity contribution < 1.29 is 0 Å². The predicted molar refractivity (Wildman–Crippen MR) is 76.7 cm³/mol. The molecule has 100 valence electrons. The second kappa shape index (κ2) is 5.70. The summed E-state index contributed by atoms with van der Waals surface area (Å²) < 4.78 is 0. The average Bonchev–Trinajstić information content (AvgIpc) is 2.41. The highest BCUT2D eigenvalue weighted by atomic mass is 15.2. The molecule has 1 aromatic heterocycles. The molecule has 1 fully saturated rings. The number of hydrogen-bond acceptors (Lipinski definition) is 3. The molecule has 0 bridgehead atoms. The first-order valence-electron chi connectivity index (χ1n) is 7.11. The Hall–Kier alpha value is -1.09. The molecule has 3 heteroatoms. The van der Waals surface area contributed by atoms with Crippen molar-refractivity contribution in [3.8, 4) is 0 Å². The van der Waals surface area contributed by atoms with Crippen molar-refractivity contribution in [2.24, 2.45) is 11.7 Å². The molecule has 1 aromatic rings. The number of nitrogens with zero attached hydrogens (tertiary/aromatic N) is 2. The van der Waals surface area contributed by atoms with Gasteiger partial charge < -0.3 is 10.6 Å². The average molecular weight is 247 g/mol. The molecule has 3 nitrogen and oxygen atoms in total. The molecule has 0 aliphatic carbocycles. The van der Waals surface area contributed by atoms with E-state index < -0.39 is 0 Å². The van der Waals surface area contributed by atoms with Crippen molar-refractivity contribution >= 4 is 5.69 Å². The third-order valence-corrected chi connectivity index (χ3v) is 4.30. The molecule has 0 amide bonds. The minimum atomic E-state index is 0.0664. The van der Waals surface area contributed by atoms with Gasteiger partial charge in [-0.05, 0) is 44.2 Å². The molecule has 0 saturated carbocycles. The Balaban J connectivity index is 2.13. The van der Waals surface area contributed by atoms with Crippen molar-refractivity contribution in [3.63, 3.8) is 0 Å². The monoisotopic (exact) mass is 247 g/mol. The molecule has 1 saturated heterocycles. The van der Waals surface area contributed by atoms with Crippen LogP contribution in [0.25, 0.3) is 0 Å². The lowest BCUT2D eigenvalue weighted by Crippen LogP contribution is -2.42. The zero-order valence-electron chi connectivity index (χ0n) is 11.8. The lowest BCUT2D eigenvalue weighted by atomic mass is 9.92. The van der Waals surface area contributed by atoms with Gasteiger partial charge in [0.05, 0.1) is 17.6 Å². The van der Waals surface area contributed by atoms with Gasteiger partial charge in [0.1, 0.15) is 0 Å². The van der Waals surface area contributed by atoms with Crippen LogP contribution in [0.1, 0.15) is 51.8 Å². The van der Waals surface area contributed by atoms with Crippen molar-refractivity contribution in [2.75, 3.05) is 11.4 Å². The molecule has 0 aromatic carbocycles. The SMILES string of the molecule is CC[C@@H](N)c1ccc(N2CCCC(C)C2C)cn1. The molecule has 3 atom stereocenters. The van der Waals surface area contributed by atoms with Gasteiger partial charge in [-0.2, -0.15) is 0 Å². The molecule has 2 N–H and O–H groups in total. The summed E-state index contributed by atoms with van der Waals surface area (Å²) in [6.45, 7) is 7.89. The van der Waals surface area contributed by atoms with E-state index in [2.05, 4.69) is 42.8 Å². The molecular weight excluding hydrogens is 222 g/mol. The molecule has 2 rings (SSSR count). The summed E-state index contributed by atoms with van der Waals surface area (Å²) >= 11 is 0. The molecule has 2 heterocycles. The number of pyridine rings is 1. The second-order valence-corrected chi connectivity index (χ2v) is 5.51. The van der Waals surface area contributed by atoms with Gasteiger partial charge in [0.15, 0.2) is 0 Å². The van der Waals surface area contributed by atoms with Crippen molar-refractivity contribution in [3.05, 3.63) is 24.0 Å². The van der Waals surface area contributed by atoms with Crippen LogP contribution in [0.3, 0.4) is 0 Å². The number of rotatable bonds is 3. The topological polar surface area (TPSA) is 42.1 Å². The van der Waals surface area contributed by atoms with Crippen molar-refractivity contribution in [1.82, 2.24) is 4.98 Å². The van der Waals surface area contributed by atoms with E-state index in [4.69, 9.17) is 5.73 Å². The van der Waals surface area contributed by atoms with Crippen LogP contribution in [0.15, 0.2) is 18.3 Å². The van der Waals surface area contributed by atoms with Gasteiger partial charge in [0.25, 0.3) is 0 Å². The summed E-state index contributed by atoms with van der Waals surface area (Å²) in [5, 5.41) is 0. The first-order valence-corrected chi connectivity index (χ1v) is 7.11. The number of hydrogen-bond donors (Lipinski definition) is 1. The van der Waals surface area contributed by atoms with Crippen LogP contribution in [-0.2, 0) is 0 Å². The van der Waals surface area contributed by atoms with Gasteiger partial charge in [-0.3, -0.25) is 4.98 Å². The van der Waals surface area contributed by atoms with Crippen LogP contribution in [0, 0.1) is 5.92 Å². The van der Waals surface area contributed by atoms with Gasteiger partial charge in [0.2, 0.25) is 0 Å². The smallest absolute Gasteiger partial charge is 0.0572 e. The Morgan fingerprint density at radius 2 is 2.22 bits per heavy atom. The first-order chi connectivity index (χ1) is 8.63. The van der Waals surface area contributed by atoms with E-state index >= 15 is 0 Å². The highest BCUT2D eigenvalue weighted by Crippen LogP contribution is 2.28. The zero-order chi connectivity index (χ0) is 13.1. The van der Waals surface area contributed by atoms with E-state index in [1.54, 1.807) is 0 Å². The molecule has 1 aliphatic rings. The van der Waals surface area contributed by atoms with E-state index in [1.807, 2.05) is 6.20 Å². The highest BCUT2D eigenvalue weighted by Gasteiger charge is 2.24. The maximum atomic E-state index is 6.00. The van der Waals surface area contributed by atoms with Gasteiger partial charge in [-0.25, -0.2) is 0 Å². The molecule has 1 aliphatic heterocycles. The third-order valence-electron chi connectivity index (χ3n) is 4.30. The summed E-state index contributed by atoms with van der Waals surface area (Å²) in [5.74, 6) is 0.760. The van der Waals surface area contributed by atoms with E-state index in [-0.39, 0.29) is 6.04 Å². The number of aromatic nitrogens is 1. The molecule has 18 heavy (non-hydrogen) atoms. The fraction of sp³-hybridized carbons (Fsp3) is 0.667. The zero-order valence-corrected chi connectivity index (χ0v) is 11.8. The Morgan fingerprint density at radius 3 is 2.83 bits per heavy atom. The minimum Gasteiger partial charge on any atom is -0.367 e. The molecule has 0 radical (unpaired) electrons. The molecule has 0 spiro atoms. The van der Waals surface area contributed by atoms with Crippen LogP contribution in [0.2, 0.25) is 0 Å². The van der Waals surface area contributed by atoms with E-state index in [9.17, 15) is 0 Å². The Kier molecular flexibility index (Phi) is 4.23. The lowest BCUT2D eigenvalue weighted by Gasteiger charge is -2.39. The van der Waals surface area contributed by atoms with Crippen LogP contribution in [-0.4, -0.2) is 17.6 Å². The first kappa shape index (κ1) is 13.3. The summed E-state index contributed by atoms with van der Waals surface area (Å²) in [4.78, 5) is 6.99. The fourth-order valence-electron chi connectivity index (χ4n) is 2.70. The molecular formula is C15H25N3. The lowest BCUT2D eigenvalue weighted by molar-refractivity contribution is 0.363. The van der Waals surface area contributed by atoms with E-state index in [1.165, 1.54) is 18.5 Å². The summed E-state index contributed by atoms with van der Waals surface area (Å²) in [6.07, 6.45) is 5.54. The maximum Gasteiger partial charge on any atom is 0.0572 e. The van der Waals surface area contributed by atoms with Gasteiger partial charge in [-0.15, -0.1) is 0 Å². The summed E-state index contributed by atoms with van der Waals surface area (Å²) in [6, 6.07) is 4.92. The molecule has 2 unspecified atom stereocenters. The Morgan fingerprint density at radius 1 is 1.44 bits per heavy atom. The Bertz CT molecular complexity index is 374. The number of nitrogens with two attached hydrogens (primary N) is 1. The van der Waals surface area contributed by atoms with E-state index in [0.717, 1.165) is 24.6 Å². The summed E-state index contributed by atoms with van der Waals surface area (Å²) in [5.41, 5.74) is 8.23. The van der Waals surface area contributed by atoms with Crippen molar-refractivity contribution in [1.29, 1.82) is 0 Å². The van der Waals surface area contributed by atoms with Crippen LogP contribution < -0.4 is 10.6 Å². The van der Waals surface area contributed by atoms with Crippen LogP contribution in [0.4, 0.5) is 5.69 Å². The van der Waals surface area contributed by atoms with Crippen molar-refractivity contribution in [2.45, 2.75) is 52.1 Å². The normalized spacial score (nSPS) is 26.1. The Labute approximate surface area is 110 Å². The van der Waals surface area contributed by atoms with Crippen LogP contribution >= 0.6 is 0 Å². The quantitative estimate of drug-likeness (QED) is 0.892. The van der Waals surface area contributed by atoms with Gasteiger partial charge in [-0.1, -0.05) is 13.8 Å². The predicted octanol–water partition coefficient (Wildman–Crippen LogP) is 3.12. The van der Waals surface area contributed by atoms with Crippen LogP contribution in [0.5, 0.6) is 0 Å². The van der Waals surface area contributed by atoms with Gasteiger partial charge in [0, 0.05) is 18.6 Å². The maximum absolute atomic E-state index is 6.00. The number of anilines is 1. The highest BCUT2D eigenvalue weighted by molar-refractivity contribution is 5.46. The standard InChI is InChI=1S/C15H25N3/c1-4-14(16)15-8-7-13(10-17-15)18-9-5-6-11(2)12(18)3/h7-8,10-12,14H,4-6,9,16H2,1-3H3/t11?,12?,14-/m1/s1. The largest absolute Gasteiger partial charge is 0.367 e. The van der Waals surface area contributed by atoms with Gasteiger partial charge >= 0.3 is 0 Å². The minimum absolute atomic E-state index is 0.0664. The fourth-order valence-corrected chi connectivity index (χ4v) is 2.70. The summed E-state index contributed by atoms with van der Waals surface area (Å²) in [7, 11) is 0. The van der Waals surface area contributed by atoms with E-state index in [0.29, 0.717) is 6.04 Å². The third kappa shape index (κ3) is 2.66.